The van der Waals surface area contributed by atoms with Gasteiger partial charge in [-0.25, -0.2) is 8.42 Å². The molecule has 6 nitrogen and oxygen atoms in total. The highest BCUT2D eigenvalue weighted by Gasteiger charge is 2.23. The number of nitrogens with zero attached hydrogens (tertiary/aromatic N) is 1. The molecule has 0 spiro atoms. The summed E-state index contributed by atoms with van der Waals surface area (Å²) >= 11 is 0. The van der Waals surface area contributed by atoms with Crippen LogP contribution in [0.1, 0.15) is 16.7 Å². The van der Waals surface area contributed by atoms with Crippen molar-refractivity contribution in [3.05, 3.63) is 59.2 Å². The number of hydrogen-bond donors (Lipinski definition) is 1. The topological polar surface area (TPSA) is 75.7 Å². The Labute approximate surface area is 153 Å². The maximum Gasteiger partial charge on any atom is 0.262 e. The second-order valence-corrected chi connectivity index (χ2v) is 8.41. The highest BCUT2D eigenvalue weighted by Crippen LogP contribution is 2.24. The van der Waals surface area contributed by atoms with E-state index in [1.54, 1.807) is 0 Å². The van der Waals surface area contributed by atoms with Crippen LogP contribution in [0, 0.1) is 6.92 Å². The fourth-order valence-corrected chi connectivity index (χ4v) is 3.75. The van der Waals surface area contributed by atoms with E-state index in [4.69, 9.17) is 4.74 Å². The highest BCUT2D eigenvalue weighted by atomic mass is 32.2. The minimum absolute atomic E-state index is 0.0859. The summed E-state index contributed by atoms with van der Waals surface area (Å²) in [6.07, 6.45) is 1.89. The molecule has 1 aliphatic rings. The monoisotopic (exact) mass is 374 g/mol. The van der Waals surface area contributed by atoms with Gasteiger partial charge >= 0.3 is 0 Å². The third kappa shape index (κ3) is 4.42. The molecule has 0 atom stereocenters. The van der Waals surface area contributed by atoms with Crippen molar-refractivity contribution in [2.45, 2.75) is 19.9 Å². The molecule has 2 aromatic rings. The van der Waals surface area contributed by atoms with Gasteiger partial charge in [0.25, 0.3) is 5.91 Å². The number of benzene rings is 2. The van der Waals surface area contributed by atoms with Gasteiger partial charge < -0.3 is 10.1 Å². The van der Waals surface area contributed by atoms with Crippen molar-refractivity contribution in [2.24, 2.45) is 0 Å². The van der Waals surface area contributed by atoms with E-state index < -0.39 is 10.0 Å². The normalized spacial score (nSPS) is 14.5. The largest absolute Gasteiger partial charge is 0.483 e. The van der Waals surface area contributed by atoms with Crippen LogP contribution < -0.4 is 10.1 Å². The number of fused-ring (bicyclic) bond motifs is 1. The average Bonchev–Trinajstić information content (AvgIpc) is 2.59. The first-order valence-electron chi connectivity index (χ1n) is 8.38. The van der Waals surface area contributed by atoms with Gasteiger partial charge in [0.05, 0.1) is 6.26 Å². The van der Waals surface area contributed by atoms with Crippen molar-refractivity contribution in [3.8, 4) is 5.75 Å². The molecule has 1 amide bonds. The van der Waals surface area contributed by atoms with E-state index in [2.05, 4.69) is 5.32 Å². The molecule has 0 fully saturated rings. The van der Waals surface area contributed by atoms with Crippen molar-refractivity contribution in [2.75, 3.05) is 24.7 Å². The Hall–Kier alpha value is -2.38. The Morgan fingerprint density at radius 3 is 2.69 bits per heavy atom. The predicted octanol–water partition coefficient (Wildman–Crippen LogP) is 2.33. The van der Waals surface area contributed by atoms with E-state index in [-0.39, 0.29) is 12.5 Å². The Bertz CT molecular complexity index is 925. The van der Waals surface area contributed by atoms with Crippen LogP contribution in [0.15, 0.2) is 42.5 Å². The quantitative estimate of drug-likeness (QED) is 0.872. The number of sulfonamides is 1. The number of anilines is 1. The van der Waals surface area contributed by atoms with Crippen molar-refractivity contribution >= 4 is 21.6 Å². The summed E-state index contributed by atoms with van der Waals surface area (Å²) in [6, 6.07) is 13.1. The Morgan fingerprint density at radius 1 is 1.19 bits per heavy atom. The van der Waals surface area contributed by atoms with E-state index in [1.807, 2.05) is 49.4 Å². The molecule has 1 aliphatic heterocycles. The third-order valence-electron chi connectivity index (χ3n) is 4.39. The number of nitrogens with one attached hydrogen (secondary N) is 1. The minimum Gasteiger partial charge on any atom is -0.483 e. The molecule has 26 heavy (non-hydrogen) atoms. The van der Waals surface area contributed by atoms with Crippen LogP contribution in [0.25, 0.3) is 0 Å². The molecule has 0 aliphatic carbocycles. The van der Waals surface area contributed by atoms with Gasteiger partial charge in [0.1, 0.15) is 5.75 Å². The second-order valence-electron chi connectivity index (χ2n) is 6.43. The van der Waals surface area contributed by atoms with E-state index in [1.165, 1.54) is 10.6 Å². The Balaban J connectivity index is 1.64. The molecule has 0 aromatic heterocycles. The number of rotatable bonds is 5. The fourth-order valence-electron chi connectivity index (χ4n) is 2.95. The fraction of sp³-hybridized carbons (Fsp3) is 0.316. The number of para-hydroxylation sites is 1. The zero-order valence-electron chi connectivity index (χ0n) is 14.9. The molecule has 1 heterocycles. The van der Waals surface area contributed by atoms with Crippen LogP contribution in [0.2, 0.25) is 0 Å². The second kappa shape index (κ2) is 7.47. The zero-order chi connectivity index (χ0) is 18.7. The van der Waals surface area contributed by atoms with Gasteiger partial charge in [0, 0.05) is 18.8 Å². The number of amides is 1. The van der Waals surface area contributed by atoms with Crippen LogP contribution in [0.5, 0.6) is 5.75 Å². The molecule has 138 valence electrons. The third-order valence-corrected chi connectivity index (χ3v) is 5.64. The maximum absolute atomic E-state index is 12.1. The number of aryl methyl sites for hydroxylation is 1. The molecule has 7 heteroatoms. The van der Waals surface area contributed by atoms with Crippen LogP contribution >= 0.6 is 0 Å². The van der Waals surface area contributed by atoms with Crippen molar-refractivity contribution < 1.29 is 17.9 Å². The van der Waals surface area contributed by atoms with E-state index in [0.717, 1.165) is 16.7 Å². The van der Waals surface area contributed by atoms with E-state index in [9.17, 15) is 13.2 Å². The van der Waals surface area contributed by atoms with Gasteiger partial charge in [-0.05, 0) is 48.2 Å². The highest BCUT2D eigenvalue weighted by molar-refractivity contribution is 7.88. The number of carbonyl (C=O) groups is 1. The summed E-state index contributed by atoms with van der Waals surface area (Å²) < 4.78 is 30.5. The molecule has 0 unspecified atom stereocenters. The summed E-state index contributed by atoms with van der Waals surface area (Å²) in [5.41, 5.74) is 3.63. The van der Waals surface area contributed by atoms with E-state index in [0.29, 0.717) is 30.9 Å². The zero-order valence-corrected chi connectivity index (χ0v) is 15.7. The lowest BCUT2D eigenvalue weighted by Crippen LogP contribution is -2.35. The summed E-state index contributed by atoms with van der Waals surface area (Å²) in [6.45, 7) is 2.65. The maximum atomic E-state index is 12.1. The van der Waals surface area contributed by atoms with Crippen LogP contribution in [-0.4, -0.2) is 38.0 Å². The summed E-state index contributed by atoms with van der Waals surface area (Å²) in [4.78, 5) is 12.1. The van der Waals surface area contributed by atoms with Gasteiger partial charge in [-0.3, -0.25) is 4.79 Å². The van der Waals surface area contributed by atoms with E-state index >= 15 is 0 Å². The molecule has 3 rings (SSSR count). The SMILES string of the molecule is Cc1ccccc1OCC(=O)Nc1ccc2c(c1)CN(S(C)(=O)=O)CC2. The van der Waals surface area contributed by atoms with Gasteiger partial charge in [-0.1, -0.05) is 24.3 Å². The lowest BCUT2D eigenvalue weighted by molar-refractivity contribution is -0.118. The summed E-state index contributed by atoms with van der Waals surface area (Å²) in [7, 11) is -3.22. The minimum atomic E-state index is -3.22. The van der Waals surface area contributed by atoms with Crippen molar-refractivity contribution in [3.63, 3.8) is 0 Å². The first-order valence-corrected chi connectivity index (χ1v) is 10.2. The summed E-state index contributed by atoms with van der Waals surface area (Å²) in [5.74, 6) is 0.417. The number of hydrogen-bond acceptors (Lipinski definition) is 4. The van der Waals surface area contributed by atoms with Crippen LogP contribution in [-0.2, 0) is 27.8 Å². The first kappa shape index (κ1) is 18.4. The molecule has 1 N–H and O–H groups in total. The molecule has 0 bridgehead atoms. The van der Waals surface area contributed by atoms with Crippen molar-refractivity contribution in [1.29, 1.82) is 0 Å². The number of carbonyl (C=O) groups excluding carboxylic acids is 1. The lowest BCUT2D eigenvalue weighted by atomic mass is 10.0. The Morgan fingerprint density at radius 2 is 1.96 bits per heavy atom. The van der Waals surface area contributed by atoms with Gasteiger partial charge in [0.15, 0.2) is 6.61 Å². The van der Waals surface area contributed by atoms with Crippen LogP contribution in [0.3, 0.4) is 0 Å². The molecule has 0 saturated heterocycles. The van der Waals surface area contributed by atoms with Crippen LogP contribution in [0.4, 0.5) is 5.69 Å². The lowest BCUT2D eigenvalue weighted by Gasteiger charge is -2.27. The Kier molecular flexibility index (Phi) is 5.29. The molecule has 0 saturated carbocycles. The molecular weight excluding hydrogens is 352 g/mol. The summed E-state index contributed by atoms with van der Waals surface area (Å²) in [5, 5.41) is 2.80. The molecule has 2 aromatic carbocycles. The van der Waals surface area contributed by atoms with Gasteiger partial charge in [0.2, 0.25) is 10.0 Å². The van der Waals surface area contributed by atoms with Crippen molar-refractivity contribution in [1.82, 2.24) is 4.31 Å². The average molecular weight is 374 g/mol. The smallest absolute Gasteiger partial charge is 0.262 e. The molecular formula is C19H22N2O4S. The number of ether oxygens (including phenoxy) is 1. The van der Waals surface area contributed by atoms with Gasteiger partial charge in [-0.15, -0.1) is 0 Å². The molecule has 0 radical (unpaired) electrons. The van der Waals surface area contributed by atoms with Gasteiger partial charge in [-0.2, -0.15) is 4.31 Å². The first-order chi connectivity index (χ1) is 12.3. The predicted molar refractivity (Wildman–Crippen MR) is 101 cm³/mol. The standard InChI is InChI=1S/C19H22N2O4S/c1-14-5-3-4-6-18(14)25-13-19(22)20-17-8-7-15-9-10-21(26(2,23)24)12-16(15)11-17/h3-8,11H,9-10,12-13H2,1-2H3,(H,20,22).